The van der Waals surface area contributed by atoms with Gasteiger partial charge in [0, 0.05) is 10.7 Å². The van der Waals surface area contributed by atoms with Crippen molar-refractivity contribution in [2.45, 2.75) is 12.8 Å². The minimum atomic E-state index is -1.30. The monoisotopic (exact) mass is 308 g/mol. The number of carbonyl (C=O) groups is 2. The number of carboxylic acids is 2. The van der Waals surface area contributed by atoms with Gasteiger partial charge in [-0.15, -0.1) is 0 Å². The summed E-state index contributed by atoms with van der Waals surface area (Å²) in [5.41, 5.74) is 6.08. The molecule has 1 aliphatic heterocycles. The van der Waals surface area contributed by atoms with Gasteiger partial charge in [-0.2, -0.15) is 0 Å². The van der Waals surface area contributed by atoms with E-state index in [1.54, 1.807) is 24.3 Å². The molecule has 110 valence electrons. The largest absolute Gasteiger partial charge is 0.478 e. The highest BCUT2D eigenvalue weighted by Gasteiger charge is 2.37. The molecule has 5 N–H and O–H groups in total. The molecular weight excluding hydrogens is 296 g/mol. The molecule has 1 aliphatic rings. The van der Waals surface area contributed by atoms with Crippen LogP contribution in [0.5, 0.6) is 0 Å². The van der Waals surface area contributed by atoms with Crippen LogP contribution in [0.2, 0.25) is 5.02 Å². The van der Waals surface area contributed by atoms with Crippen molar-refractivity contribution in [3.63, 3.8) is 0 Å². The summed E-state index contributed by atoms with van der Waals surface area (Å²) in [5.74, 6) is -3.64. The molecule has 1 aromatic carbocycles. The maximum atomic E-state index is 11.5. The zero-order valence-electron chi connectivity index (χ0n) is 11.1. The van der Waals surface area contributed by atoms with E-state index in [4.69, 9.17) is 17.3 Å². The second-order valence-electron chi connectivity index (χ2n) is 4.56. The molecule has 0 aromatic heterocycles. The first-order chi connectivity index (χ1) is 9.84. The number of nitrogens with one attached hydrogen (secondary N) is 1. The van der Waals surface area contributed by atoms with Crippen molar-refractivity contribution in [2.24, 2.45) is 5.73 Å². The van der Waals surface area contributed by atoms with Crippen LogP contribution >= 0.6 is 11.6 Å². The standard InChI is InChI=1S/C14H13ClN2O4/c1-6-9(13(18)19)10(7-4-2-3-5-8(7)15)11(14(20)21)12(16)17-6/h2-5,10,17H,16H2,1H3,(H,18,19)(H,20,21). The molecule has 21 heavy (non-hydrogen) atoms. The Hall–Kier alpha value is -2.47. The van der Waals surface area contributed by atoms with Gasteiger partial charge in [-0.1, -0.05) is 29.8 Å². The molecule has 0 saturated heterocycles. The molecule has 1 unspecified atom stereocenters. The van der Waals surface area contributed by atoms with E-state index in [1.807, 2.05) is 0 Å². The number of carboxylic acid groups (broad SMARTS) is 2. The summed E-state index contributed by atoms with van der Waals surface area (Å²) in [6.45, 7) is 1.53. The Kier molecular flexibility index (Phi) is 3.90. The lowest BCUT2D eigenvalue weighted by molar-refractivity contribution is -0.133. The zero-order chi connectivity index (χ0) is 15.7. The van der Waals surface area contributed by atoms with Crippen LogP contribution in [0.15, 0.2) is 46.9 Å². The lowest BCUT2D eigenvalue weighted by atomic mass is 9.81. The quantitative estimate of drug-likeness (QED) is 0.675. The highest BCUT2D eigenvalue weighted by Crippen LogP contribution is 2.40. The second-order valence-corrected chi connectivity index (χ2v) is 4.96. The molecule has 0 spiro atoms. The number of hydrogen-bond acceptors (Lipinski definition) is 4. The maximum absolute atomic E-state index is 11.5. The molecule has 0 aliphatic carbocycles. The van der Waals surface area contributed by atoms with Gasteiger partial charge in [0.1, 0.15) is 5.82 Å². The summed E-state index contributed by atoms with van der Waals surface area (Å²) in [4.78, 5) is 23.0. The Bertz CT molecular complexity index is 658. The number of halogens is 1. The van der Waals surface area contributed by atoms with Crippen LogP contribution in [0, 0.1) is 0 Å². The van der Waals surface area contributed by atoms with Crippen molar-refractivity contribution in [2.75, 3.05) is 0 Å². The average Bonchev–Trinajstić information content (AvgIpc) is 2.37. The minimum Gasteiger partial charge on any atom is -0.478 e. The van der Waals surface area contributed by atoms with E-state index in [1.165, 1.54) is 6.92 Å². The van der Waals surface area contributed by atoms with Gasteiger partial charge in [-0.25, -0.2) is 9.59 Å². The highest BCUT2D eigenvalue weighted by molar-refractivity contribution is 6.31. The van der Waals surface area contributed by atoms with Gasteiger partial charge in [0.25, 0.3) is 0 Å². The van der Waals surface area contributed by atoms with E-state index in [0.29, 0.717) is 5.56 Å². The van der Waals surface area contributed by atoms with Crippen LogP contribution in [-0.2, 0) is 9.59 Å². The number of benzene rings is 1. The van der Waals surface area contributed by atoms with Crippen molar-refractivity contribution >= 4 is 23.5 Å². The summed E-state index contributed by atoms with van der Waals surface area (Å²) in [5, 5.41) is 21.7. The van der Waals surface area contributed by atoms with E-state index in [0.717, 1.165) is 0 Å². The molecule has 0 saturated carbocycles. The number of dihydropyridines is 1. The second kappa shape index (κ2) is 5.49. The van der Waals surface area contributed by atoms with Gasteiger partial charge in [-0.05, 0) is 18.6 Å². The van der Waals surface area contributed by atoms with Crippen LogP contribution in [0.25, 0.3) is 0 Å². The highest BCUT2D eigenvalue weighted by atomic mass is 35.5. The molecule has 0 fully saturated rings. The number of rotatable bonds is 3. The van der Waals surface area contributed by atoms with Crippen LogP contribution in [0.3, 0.4) is 0 Å². The third-order valence-corrected chi connectivity index (χ3v) is 3.61. The Morgan fingerprint density at radius 1 is 1.19 bits per heavy atom. The molecule has 6 nitrogen and oxygen atoms in total. The third-order valence-electron chi connectivity index (χ3n) is 3.27. The summed E-state index contributed by atoms with van der Waals surface area (Å²) < 4.78 is 0. The molecular formula is C14H13ClN2O4. The van der Waals surface area contributed by atoms with Gasteiger partial charge in [0.2, 0.25) is 0 Å². The molecule has 1 aromatic rings. The Morgan fingerprint density at radius 3 is 2.29 bits per heavy atom. The fourth-order valence-electron chi connectivity index (χ4n) is 2.40. The molecule has 1 heterocycles. The van der Waals surface area contributed by atoms with E-state index in [2.05, 4.69) is 5.32 Å². The first-order valence-corrected chi connectivity index (χ1v) is 6.40. The number of hydrogen-bond donors (Lipinski definition) is 4. The van der Waals surface area contributed by atoms with Crippen molar-refractivity contribution in [3.8, 4) is 0 Å². The van der Waals surface area contributed by atoms with Crippen molar-refractivity contribution < 1.29 is 19.8 Å². The molecule has 0 radical (unpaired) electrons. The Balaban J connectivity index is 2.74. The van der Waals surface area contributed by atoms with Gasteiger partial charge in [0.05, 0.1) is 17.1 Å². The third kappa shape index (κ3) is 2.57. The SMILES string of the molecule is CC1=C(C(=O)O)C(c2ccccc2Cl)C(C(=O)O)=C(N)N1. The summed E-state index contributed by atoms with van der Waals surface area (Å²) >= 11 is 6.10. The zero-order valence-corrected chi connectivity index (χ0v) is 11.8. The molecule has 0 bridgehead atoms. The Morgan fingerprint density at radius 2 is 1.76 bits per heavy atom. The number of allylic oxidation sites excluding steroid dienone is 1. The minimum absolute atomic E-state index is 0.0880. The van der Waals surface area contributed by atoms with Gasteiger partial charge in [0.15, 0.2) is 0 Å². The van der Waals surface area contributed by atoms with E-state index in [-0.39, 0.29) is 27.7 Å². The lowest BCUT2D eigenvalue weighted by Crippen LogP contribution is -2.35. The van der Waals surface area contributed by atoms with Crippen LogP contribution < -0.4 is 11.1 Å². The molecule has 0 amide bonds. The summed E-state index contributed by atoms with van der Waals surface area (Å²) in [6, 6.07) is 6.50. The Labute approximate surface area is 125 Å². The predicted molar refractivity (Wildman–Crippen MR) is 76.5 cm³/mol. The van der Waals surface area contributed by atoms with Gasteiger partial charge < -0.3 is 21.3 Å². The van der Waals surface area contributed by atoms with E-state index in [9.17, 15) is 19.8 Å². The van der Waals surface area contributed by atoms with Crippen molar-refractivity contribution in [1.82, 2.24) is 5.32 Å². The number of aliphatic carboxylic acids is 2. The van der Waals surface area contributed by atoms with Crippen molar-refractivity contribution in [1.29, 1.82) is 0 Å². The molecule has 2 rings (SSSR count). The van der Waals surface area contributed by atoms with Crippen LogP contribution in [0.1, 0.15) is 18.4 Å². The maximum Gasteiger partial charge on any atom is 0.336 e. The van der Waals surface area contributed by atoms with Crippen LogP contribution in [0.4, 0.5) is 0 Å². The van der Waals surface area contributed by atoms with Gasteiger partial charge >= 0.3 is 11.9 Å². The first kappa shape index (κ1) is 14.9. The van der Waals surface area contributed by atoms with Crippen LogP contribution in [-0.4, -0.2) is 22.2 Å². The summed E-state index contributed by atoms with van der Waals surface area (Å²) in [6.07, 6.45) is 0. The van der Waals surface area contributed by atoms with E-state index >= 15 is 0 Å². The average molecular weight is 309 g/mol. The molecule has 1 atom stereocenters. The summed E-state index contributed by atoms with van der Waals surface area (Å²) in [7, 11) is 0. The fourth-order valence-corrected chi connectivity index (χ4v) is 2.64. The van der Waals surface area contributed by atoms with E-state index < -0.39 is 17.9 Å². The first-order valence-electron chi connectivity index (χ1n) is 6.03. The number of nitrogens with two attached hydrogens (primary N) is 1. The predicted octanol–water partition coefficient (Wildman–Crippen LogP) is 1.64. The van der Waals surface area contributed by atoms with Gasteiger partial charge in [-0.3, -0.25) is 0 Å². The topological polar surface area (TPSA) is 113 Å². The normalized spacial score (nSPS) is 18.5. The molecule has 7 heteroatoms. The van der Waals surface area contributed by atoms with Crippen molar-refractivity contribution in [3.05, 3.63) is 57.5 Å². The smallest absolute Gasteiger partial charge is 0.336 e. The fraction of sp³-hybridized carbons (Fsp3) is 0.143. The lowest BCUT2D eigenvalue weighted by Gasteiger charge is -2.28.